The molecule has 1 N–H and O–H groups in total. The summed E-state index contributed by atoms with van der Waals surface area (Å²) in [5.74, 6) is -0.980. The second-order valence-electron chi connectivity index (χ2n) is 6.03. The highest BCUT2D eigenvalue weighted by Gasteiger charge is 2.17. The van der Waals surface area contributed by atoms with Gasteiger partial charge in [-0.25, -0.2) is 9.78 Å². The van der Waals surface area contributed by atoms with Gasteiger partial charge in [-0.1, -0.05) is 22.9 Å². The van der Waals surface area contributed by atoms with Crippen molar-refractivity contribution in [2.75, 3.05) is 5.32 Å². The zero-order chi connectivity index (χ0) is 20.4. The number of rotatable bonds is 5. The van der Waals surface area contributed by atoms with Crippen LogP contribution >= 0.6 is 22.9 Å². The Morgan fingerprint density at radius 2 is 2.00 bits per heavy atom. The molecule has 144 valence electrons. The van der Waals surface area contributed by atoms with E-state index in [0.717, 1.165) is 6.07 Å². The van der Waals surface area contributed by atoms with Crippen LogP contribution < -0.4 is 5.32 Å². The number of ether oxygens (including phenoxy) is 1. The molecule has 8 nitrogen and oxygen atoms in total. The van der Waals surface area contributed by atoms with Crippen LogP contribution in [0.5, 0.6) is 0 Å². The van der Waals surface area contributed by atoms with Crippen molar-refractivity contribution in [3.05, 3.63) is 62.7 Å². The lowest BCUT2D eigenvalue weighted by Gasteiger charge is -2.07. The Hall–Kier alpha value is -3.04. The van der Waals surface area contributed by atoms with Crippen LogP contribution in [0.3, 0.4) is 0 Å². The molecular formula is C18H14ClN3O5S. The first kappa shape index (κ1) is 19.7. The van der Waals surface area contributed by atoms with Crippen LogP contribution in [0.2, 0.25) is 5.02 Å². The molecule has 1 amide bonds. The van der Waals surface area contributed by atoms with Crippen LogP contribution in [0.1, 0.15) is 34.6 Å². The standard InChI is InChI=1S/C18H14ClN3O5S/c1-9(2)27-17(24)10-3-6-14-15(7-10)28-18(20-14)21-16(23)12-5-4-11(22(25)26)8-13(12)19/h3-9H,1-2H3,(H,20,21,23). The Morgan fingerprint density at radius 1 is 1.25 bits per heavy atom. The van der Waals surface area contributed by atoms with Crippen molar-refractivity contribution in [3.8, 4) is 0 Å². The number of carbonyl (C=O) groups is 2. The molecule has 1 heterocycles. The number of benzene rings is 2. The van der Waals surface area contributed by atoms with Gasteiger partial charge in [0.05, 0.1) is 37.4 Å². The van der Waals surface area contributed by atoms with Crippen LogP contribution in [0, 0.1) is 10.1 Å². The fraction of sp³-hybridized carbons (Fsp3) is 0.167. The van der Waals surface area contributed by atoms with Crippen molar-refractivity contribution in [2.24, 2.45) is 0 Å². The van der Waals surface area contributed by atoms with Gasteiger partial charge < -0.3 is 4.74 Å². The highest BCUT2D eigenvalue weighted by molar-refractivity contribution is 7.22. The van der Waals surface area contributed by atoms with E-state index in [4.69, 9.17) is 16.3 Å². The minimum Gasteiger partial charge on any atom is -0.459 e. The summed E-state index contributed by atoms with van der Waals surface area (Å²) < 4.78 is 5.86. The lowest BCUT2D eigenvalue weighted by Crippen LogP contribution is -2.12. The Labute approximate surface area is 168 Å². The Bertz CT molecular complexity index is 1100. The number of non-ortho nitro benzene ring substituents is 1. The number of aromatic nitrogens is 1. The van der Waals surface area contributed by atoms with E-state index < -0.39 is 16.8 Å². The average molecular weight is 420 g/mol. The van der Waals surface area contributed by atoms with Crippen molar-refractivity contribution in [1.29, 1.82) is 0 Å². The summed E-state index contributed by atoms with van der Waals surface area (Å²) in [6, 6.07) is 8.51. The van der Waals surface area contributed by atoms with E-state index in [0.29, 0.717) is 20.9 Å². The van der Waals surface area contributed by atoms with Gasteiger partial charge in [-0.05, 0) is 38.1 Å². The number of fused-ring (bicyclic) bond motifs is 1. The van der Waals surface area contributed by atoms with E-state index in [1.807, 2.05) is 0 Å². The van der Waals surface area contributed by atoms with Crippen LogP contribution in [-0.2, 0) is 4.74 Å². The SMILES string of the molecule is CC(C)OC(=O)c1ccc2nc(NC(=O)c3ccc([N+](=O)[O-])cc3Cl)sc2c1. The lowest BCUT2D eigenvalue weighted by molar-refractivity contribution is -0.384. The molecule has 1 aromatic heterocycles. The number of nitro benzene ring substituents is 1. The maximum absolute atomic E-state index is 12.4. The number of nitrogens with one attached hydrogen (secondary N) is 1. The average Bonchev–Trinajstić information content (AvgIpc) is 3.01. The predicted molar refractivity (Wildman–Crippen MR) is 106 cm³/mol. The molecule has 0 radical (unpaired) electrons. The molecule has 0 aliphatic rings. The molecule has 0 unspecified atom stereocenters. The van der Waals surface area contributed by atoms with Gasteiger partial charge in [0.15, 0.2) is 5.13 Å². The lowest BCUT2D eigenvalue weighted by atomic mass is 10.2. The molecular weight excluding hydrogens is 406 g/mol. The minimum absolute atomic E-state index is 0.0356. The molecule has 28 heavy (non-hydrogen) atoms. The molecule has 2 aromatic carbocycles. The first-order chi connectivity index (χ1) is 13.2. The zero-order valence-corrected chi connectivity index (χ0v) is 16.3. The summed E-state index contributed by atoms with van der Waals surface area (Å²) in [7, 11) is 0. The highest BCUT2D eigenvalue weighted by Crippen LogP contribution is 2.29. The number of carbonyl (C=O) groups excluding carboxylic acids is 2. The summed E-state index contributed by atoms with van der Waals surface area (Å²) in [6.07, 6.45) is -0.231. The summed E-state index contributed by atoms with van der Waals surface area (Å²) in [6.45, 7) is 3.53. The van der Waals surface area contributed by atoms with Crippen molar-refractivity contribution in [3.63, 3.8) is 0 Å². The van der Waals surface area contributed by atoms with Crippen molar-refractivity contribution >= 4 is 55.8 Å². The number of nitrogens with zero attached hydrogens (tertiary/aromatic N) is 2. The predicted octanol–water partition coefficient (Wildman–Crippen LogP) is 4.68. The molecule has 0 saturated heterocycles. The van der Waals surface area contributed by atoms with Crippen molar-refractivity contribution in [1.82, 2.24) is 4.98 Å². The number of thiazole rings is 1. The monoisotopic (exact) mass is 419 g/mol. The number of halogens is 1. The molecule has 0 fully saturated rings. The molecule has 3 rings (SSSR count). The summed E-state index contributed by atoms with van der Waals surface area (Å²) in [4.78, 5) is 38.9. The van der Waals surface area contributed by atoms with E-state index in [-0.39, 0.29) is 22.4 Å². The normalized spacial score (nSPS) is 10.9. The maximum atomic E-state index is 12.4. The molecule has 10 heteroatoms. The molecule has 0 aliphatic carbocycles. The Kier molecular flexibility index (Phi) is 5.57. The van der Waals surface area contributed by atoms with Crippen molar-refractivity contribution < 1.29 is 19.2 Å². The summed E-state index contributed by atoms with van der Waals surface area (Å²) in [5.41, 5.74) is 0.882. The van der Waals surface area contributed by atoms with E-state index in [2.05, 4.69) is 10.3 Å². The Morgan fingerprint density at radius 3 is 2.64 bits per heavy atom. The third-order valence-corrected chi connectivity index (χ3v) is 4.84. The molecule has 0 aliphatic heterocycles. The number of esters is 1. The third-order valence-electron chi connectivity index (χ3n) is 3.60. The first-order valence-electron chi connectivity index (χ1n) is 8.11. The van der Waals surface area contributed by atoms with Crippen LogP contribution in [-0.4, -0.2) is 27.9 Å². The fourth-order valence-corrected chi connectivity index (χ4v) is 3.51. The minimum atomic E-state index is -0.594. The molecule has 0 spiro atoms. The van der Waals surface area contributed by atoms with Gasteiger partial charge in [-0.15, -0.1) is 0 Å². The van der Waals surface area contributed by atoms with Gasteiger partial charge >= 0.3 is 5.97 Å². The number of hydrogen-bond acceptors (Lipinski definition) is 7. The van der Waals surface area contributed by atoms with Crippen LogP contribution in [0.15, 0.2) is 36.4 Å². The van der Waals surface area contributed by atoms with E-state index in [1.54, 1.807) is 32.0 Å². The number of amides is 1. The Balaban J connectivity index is 1.81. The number of nitro groups is 1. The van der Waals surface area contributed by atoms with Crippen LogP contribution in [0.25, 0.3) is 10.2 Å². The van der Waals surface area contributed by atoms with Crippen molar-refractivity contribution in [2.45, 2.75) is 20.0 Å². The van der Waals surface area contributed by atoms with Gasteiger partial charge in [0.25, 0.3) is 11.6 Å². The maximum Gasteiger partial charge on any atom is 0.338 e. The fourth-order valence-electron chi connectivity index (χ4n) is 2.35. The topological polar surface area (TPSA) is 111 Å². The number of hydrogen-bond donors (Lipinski definition) is 1. The van der Waals surface area contributed by atoms with Gasteiger partial charge in [-0.3, -0.25) is 20.2 Å². The number of anilines is 1. The smallest absolute Gasteiger partial charge is 0.338 e. The van der Waals surface area contributed by atoms with E-state index in [1.165, 1.54) is 23.5 Å². The van der Waals surface area contributed by atoms with Gasteiger partial charge in [-0.2, -0.15) is 0 Å². The summed E-state index contributed by atoms with van der Waals surface area (Å²) >= 11 is 7.16. The van der Waals surface area contributed by atoms with Gasteiger partial charge in [0.1, 0.15) is 0 Å². The molecule has 0 bridgehead atoms. The van der Waals surface area contributed by atoms with E-state index in [9.17, 15) is 19.7 Å². The quantitative estimate of drug-likeness (QED) is 0.365. The molecule has 3 aromatic rings. The zero-order valence-electron chi connectivity index (χ0n) is 14.8. The second-order valence-corrected chi connectivity index (χ2v) is 7.47. The second kappa shape index (κ2) is 7.91. The highest BCUT2D eigenvalue weighted by atomic mass is 35.5. The molecule has 0 atom stereocenters. The van der Waals surface area contributed by atoms with Crippen LogP contribution in [0.4, 0.5) is 10.8 Å². The molecule has 0 saturated carbocycles. The largest absolute Gasteiger partial charge is 0.459 e. The van der Waals surface area contributed by atoms with Gasteiger partial charge in [0.2, 0.25) is 0 Å². The van der Waals surface area contributed by atoms with Gasteiger partial charge in [0, 0.05) is 12.1 Å². The third kappa shape index (κ3) is 4.26. The van der Waals surface area contributed by atoms with E-state index >= 15 is 0 Å². The summed E-state index contributed by atoms with van der Waals surface area (Å²) in [5, 5.41) is 13.7. The first-order valence-corrected chi connectivity index (χ1v) is 9.31.